The van der Waals surface area contributed by atoms with Crippen molar-refractivity contribution in [2.24, 2.45) is 0 Å². The van der Waals surface area contributed by atoms with Crippen molar-refractivity contribution in [3.8, 4) is 0 Å². The summed E-state index contributed by atoms with van der Waals surface area (Å²) < 4.78 is 0. The fourth-order valence-corrected chi connectivity index (χ4v) is 7.47. The highest BCUT2D eigenvalue weighted by Crippen LogP contribution is 2.52. The fourth-order valence-electron chi connectivity index (χ4n) is 7.47. The van der Waals surface area contributed by atoms with Gasteiger partial charge in [-0.05, 0) is 55.0 Å². The number of fused-ring (bicyclic) bond motifs is 2. The Morgan fingerprint density at radius 3 is 1.90 bits per heavy atom. The van der Waals surface area contributed by atoms with E-state index in [2.05, 4.69) is 17.4 Å². The minimum Gasteiger partial charge on any atom is -0.380 e. The molecule has 3 amide bonds. The highest BCUT2D eigenvalue weighted by atomic mass is 16.3. The molecule has 2 heterocycles. The van der Waals surface area contributed by atoms with Crippen LogP contribution in [0, 0.1) is 0 Å². The van der Waals surface area contributed by atoms with Crippen LogP contribution in [0.5, 0.6) is 0 Å². The molecule has 7 nitrogen and oxygen atoms in total. The number of carbonyl (C=O) groups excluding carboxylic acids is 3. The van der Waals surface area contributed by atoms with Gasteiger partial charge in [-0.25, -0.2) is 0 Å². The van der Waals surface area contributed by atoms with E-state index in [1.807, 2.05) is 36.4 Å². The van der Waals surface area contributed by atoms with Crippen LogP contribution in [0.4, 0.5) is 5.69 Å². The highest BCUT2D eigenvalue weighted by molar-refractivity contribution is 6.01. The van der Waals surface area contributed by atoms with Crippen LogP contribution in [0.25, 0.3) is 0 Å². The third kappa shape index (κ3) is 5.53. The standard InChI is InChI=1S/C34H43N3O4/c38-30-29(33(27-11-7-8-12-28(27)35-30)17-9-5-3-1-2-4-6-10-18-33)25-13-15-26(16-14-25)31(39)36-21-23-37(24-22-36)32(40)34(41)19-20-34/h7-8,11-16,29,41H,1-6,9-10,17-24H2,(H,35,38). The van der Waals surface area contributed by atoms with Crippen LogP contribution in [0.2, 0.25) is 0 Å². The van der Waals surface area contributed by atoms with E-state index in [9.17, 15) is 19.5 Å². The van der Waals surface area contributed by atoms with Crippen LogP contribution >= 0.6 is 0 Å². The first-order valence-corrected chi connectivity index (χ1v) is 15.7. The van der Waals surface area contributed by atoms with E-state index < -0.39 is 5.60 Å². The second kappa shape index (κ2) is 11.6. The Hall–Kier alpha value is -3.19. The number of nitrogens with zero attached hydrogens (tertiary/aromatic N) is 2. The summed E-state index contributed by atoms with van der Waals surface area (Å²) in [5.41, 5.74) is 2.34. The van der Waals surface area contributed by atoms with Crippen LogP contribution in [0.15, 0.2) is 48.5 Å². The van der Waals surface area contributed by atoms with Gasteiger partial charge in [0, 0.05) is 42.8 Å². The zero-order chi connectivity index (χ0) is 28.5. The summed E-state index contributed by atoms with van der Waals surface area (Å²) in [6, 6.07) is 16.1. The molecule has 1 unspecified atom stereocenters. The highest BCUT2D eigenvalue weighted by Gasteiger charge is 2.51. The number of hydrogen-bond donors (Lipinski definition) is 2. The number of hydrogen-bond acceptors (Lipinski definition) is 4. The summed E-state index contributed by atoms with van der Waals surface area (Å²) in [4.78, 5) is 43.2. The molecule has 218 valence electrons. The topological polar surface area (TPSA) is 90.0 Å². The second-order valence-electron chi connectivity index (χ2n) is 12.7. The van der Waals surface area contributed by atoms with Gasteiger partial charge in [-0.1, -0.05) is 81.7 Å². The number of nitrogens with one attached hydrogen (secondary N) is 1. The molecule has 3 fully saturated rings. The Kier molecular flexibility index (Phi) is 7.90. The van der Waals surface area contributed by atoms with E-state index in [1.165, 1.54) is 44.1 Å². The van der Waals surface area contributed by atoms with Crippen molar-refractivity contribution >= 4 is 23.4 Å². The summed E-state index contributed by atoms with van der Waals surface area (Å²) in [6.45, 7) is 1.78. The number of anilines is 1. The van der Waals surface area contributed by atoms with Gasteiger partial charge in [-0.2, -0.15) is 0 Å². The van der Waals surface area contributed by atoms with Crippen LogP contribution in [-0.2, 0) is 15.0 Å². The molecule has 4 aliphatic rings. The molecule has 0 bridgehead atoms. The van der Waals surface area contributed by atoms with Gasteiger partial charge in [0.15, 0.2) is 0 Å². The van der Waals surface area contributed by atoms with Crippen LogP contribution in [0.3, 0.4) is 0 Å². The fraction of sp³-hybridized carbons (Fsp3) is 0.559. The molecule has 2 aromatic carbocycles. The van der Waals surface area contributed by atoms with Crippen LogP contribution in [0.1, 0.15) is 104 Å². The van der Waals surface area contributed by atoms with Crippen molar-refractivity contribution in [3.05, 3.63) is 65.2 Å². The number of carbonyl (C=O) groups is 3. The van der Waals surface area contributed by atoms with Gasteiger partial charge in [0.1, 0.15) is 5.60 Å². The van der Waals surface area contributed by atoms with E-state index in [0.717, 1.165) is 36.9 Å². The lowest BCUT2D eigenvalue weighted by atomic mass is 9.60. The molecule has 2 aliphatic carbocycles. The first-order valence-electron chi connectivity index (χ1n) is 15.7. The number of rotatable bonds is 3. The number of amides is 3. The average Bonchev–Trinajstić information content (AvgIpc) is 3.76. The molecule has 0 aromatic heterocycles. The normalized spacial score (nSPS) is 24.1. The van der Waals surface area contributed by atoms with Gasteiger partial charge in [-0.3, -0.25) is 14.4 Å². The zero-order valence-electron chi connectivity index (χ0n) is 24.1. The molecule has 0 radical (unpaired) electrons. The lowest BCUT2D eigenvalue weighted by Crippen LogP contribution is -2.53. The summed E-state index contributed by atoms with van der Waals surface area (Å²) in [5.74, 6) is -0.510. The van der Waals surface area contributed by atoms with Crippen LogP contribution < -0.4 is 5.32 Å². The molecule has 6 rings (SSSR count). The number of para-hydroxylation sites is 1. The molecule has 2 aliphatic heterocycles. The Morgan fingerprint density at radius 2 is 1.29 bits per heavy atom. The molecule has 1 saturated heterocycles. The maximum Gasteiger partial charge on any atom is 0.254 e. The summed E-state index contributed by atoms with van der Waals surface area (Å²) in [7, 11) is 0. The lowest BCUT2D eigenvalue weighted by molar-refractivity contribution is -0.143. The summed E-state index contributed by atoms with van der Waals surface area (Å²) in [6.07, 6.45) is 12.8. The Balaban J connectivity index is 1.23. The van der Waals surface area contributed by atoms with Gasteiger partial charge in [0.25, 0.3) is 11.8 Å². The molecule has 2 aromatic rings. The molecule has 1 spiro atoms. The van der Waals surface area contributed by atoms with Gasteiger partial charge >= 0.3 is 0 Å². The molecular formula is C34H43N3O4. The van der Waals surface area contributed by atoms with E-state index in [0.29, 0.717) is 44.6 Å². The van der Waals surface area contributed by atoms with Crippen molar-refractivity contribution in [1.82, 2.24) is 9.80 Å². The molecule has 2 N–H and O–H groups in total. The Labute approximate surface area is 243 Å². The molecular weight excluding hydrogens is 514 g/mol. The van der Waals surface area contributed by atoms with Crippen molar-refractivity contribution in [3.63, 3.8) is 0 Å². The van der Waals surface area contributed by atoms with E-state index >= 15 is 0 Å². The predicted octanol–water partition coefficient (Wildman–Crippen LogP) is 5.38. The Morgan fingerprint density at radius 1 is 0.732 bits per heavy atom. The van der Waals surface area contributed by atoms with Crippen LogP contribution in [-0.4, -0.2) is 64.4 Å². The van der Waals surface area contributed by atoms with Crippen molar-refractivity contribution < 1.29 is 19.5 Å². The SMILES string of the molecule is O=C1Nc2ccccc2C2(CCCCCCCCCC2)C1c1ccc(C(=O)N2CCN(C(=O)C3(O)CC3)CC2)cc1. The third-order valence-electron chi connectivity index (χ3n) is 10.00. The van der Waals surface area contributed by atoms with Gasteiger partial charge in [-0.15, -0.1) is 0 Å². The van der Waals surface area contributed by atoms with Crippen molar-refractivity contribution in [2.45, 2.75) is 94.0 Å². The van der Waals surface area contributed by atoms with Crippen molar-refractivity contribution in [2.75, 3.05) is 31.5 Å². The second-order valence-corrected chi connectivity index (χ2v) is 12.7. The maximum absolute atomic E-state index is 13.8. The van der Waals surface area contributed by atoms with E-state index in [-0.39, 0.29) is 29.1 Å². The molecule has 2 saturated carbocycles. The van der Waals surface area contributed by atoms with E-state index in [4.69, 9.17) is 0 Å². The first kappa shape index (κ1) is 28.0. The molecule has 7 heteroatoms. The smallest absolute Gasteiger partial charge is 0.254 e. The monoisotopic (exact) mass is 557 g/mol. The number of aliphatic hydroxyl groups is 1. The minimum absolute atomic E-state index is 0.0516. The quantitative estimate of drug-likeness (QED) is 0.530. The van der Waals surface area contributed by atoms with Gasteiger partial charge < -0.3 is 20.2 Å². The predicted molar refractivity (Wildman–Crippen MR) is 159 cm³/mol. The third-order valence-corrected chi connectivity index (χ3v) is 10.00. The Bertz CT molecular complexity index is 1270. The minimum atomic E-state index is -1.17. The molecule has 41 heavy (non-hydrogen) atoms. The lowest BCUT2D eigenvalue weighted by Gasteiger charge is -2.45. The summed E-state index contributed by atoms with van der Waals surface area (Å²) in [5, 5.41) is 13.4. The van der Waals surface area contributed by atoms with Gasteiger partial charge in [0.05, 0.1) is 5.92 Å². The number of piperazine rings is 1. The number of benzene rings is 2. The van der Waals surface area contributed by atoms with Gasteiger partial charge in [0.2, 0.25) is 5.91 Å². The molecule has 1 atom stereocenters. The van der Waals surface area contributed by atoms with Crippen molar-refractivity contribution in [1.29, 1.82) is 0 Å². The zero-order valence-corrected chi connectivity index (χ0v) is 24.1. The average molecular weight is 558 g/mol. The van der Waals surface area contributed by atoms with E-state index in [1.54, 1.807) is 9.80 Å². The largest absolute Gasteiger partial charge is 0.380 e. The maximum atomic E-state index is 13.8. The first-order chi connectivity index (χ1) is 19.9. The summed E-state index contributed by atoms with van der Waals surface area (Å²) >= 11 is 0.